The maximum Gasteiger partial charge on any atom is 0.159 e. The van der Waals surface area contributed by atoms with Crippen LogP contribution in [0, 0.1) is 5.92 Å². The normalized spacial score (nSPS) is 24.6. The minimum Gasteiger partial charge on any atom is -0.295 e. The zero-order chi connectivity index (χ0) is 12.3. The van der Waals surface area contributed by atoms with Gasteiger partial charge in [-0.05, 0) is 37.2 Å². The molecule has 0 heterocycles. The Labute approximate surface area is 102 Å². The Hall–Kier alpha value is -1.18. The van der Waals surface area contributed by atoms with Crippen molar-refractivity contribution in [1.29, 1.82) is 0 Å². The molecule has 0 saturated heterocycles. The van der Waals surface area contributed by atoms with Crippen LogP contribution in [-0.4, -0.2) is 12.5 Å². The van der Waals surface area contributed by atoms with E-state index in [1.807, 2.05) is 24.3 Å². The summed E-state index contributed by atoms with van der Waals surface area (Å²) in [5, 5.41) is 0. The topological polar surface area (TPSA) is 17.1 Å². The van der Waals surface area contributed by atoms with Gasteiger partial charge in [-0.1, -0.05) is 37.1 Å². The molecule has 17 heavy (non-hydrogen) atoms. The van der Waals surface area contributed by atoms with Crippen molar-refractivity contribution in [2.24, 2.45) is 5.92 Å². The summed E-state index contributed by atoms with van der Waals surface area (Å²) in [5.41, 5.74) is 1.93. The van der Waals surface area contributed by atoms with Gasteiger partial charge in [-0.3, -0.25) is 9.18 Å². The number of hydrogen-bond donors (Lipinski definition) is 0. The van der Waals surface area contributed by atoms with Crippen LogP contribution in [0.1, 0.15) is 54.4 Å². The highest BCUT2D eigenvalue weighted by Gasteiger charge is 2.26. The monoisotopic (exact) mass is 234 g/mol. The first-order valence-electron chi connectivity index (χ1n) is 6.39. The SMILES string of the molecule is CC(=O)c1ccc(C2CCCCC2CF)cc1. The number of alkyl halides is 1. The summed E-state index contributed by atoms with van der Waals surface area (Å²) >= 11 is 0. The number of hydrogen-bond acceptors (Lipinski definition) is 1. The Morgan fingerprint density at radius 1 is 1.24 bits per heavy atom. The fraction of sp³-hybridized carbons (Fsp3) is 0.533. The number of rotatable bonds is 3. The molecule has 0 bridgehead atoms. The highest BCUT2D eigenvalue weighted by atomic mass is 19.1. The quantitative estimate of drug-likeness (QED) is 0.718. The number of Topliss-reactive ketones (excluding diaryl/α,β-unsaturated/α-hetero) is 1. The molecule has 2 heteroatoms. The van der Waals surface area contributed by atoms with Crippen molar-refractivity contribution < 1.29 is 9.18 Å². The van der Waals surface area contributed by atoms with E-state index >= 15 is 0 Å². The van der Waals surface area contributed by atoms with Crippen LogP contribution in [0.4, 0.5) is 4.39 Å². The van der Waals surface area contributed by atoms with Gasteiger partial charge in [-0.2, -0.15) is 0 Å². The van der Waals surface area contributed by atoms with Crippen molar-refractivity contribution in [2.45, 2.75) is 38.5 Å². The maximum atomic E-state index is 13.0. The molecular weight excluding hydrogens is 215 g/mol. The van der Waals surface area contributed by atoms with E-state index < -0.39 is 0 Å². The van der Waals surface area contributed by atoms with Crippen molar-refractivity contribution in [3.8, 4) is 0 Å². The molecule has 1 fully saturated rings. The molecule has 92 valence electrons. The maximum absolute atomic E-state index is 13.0. The number of benzene rings is 1. The van der Waals surface area contributed by atoms with Crippen LogP contribution >= 0.6 is 0 Å². The van der Waals surface area contributed by atoms with Crippen molar-refractivity contribution in [3.63, 3.8) is 0 Å². The summed E-state index contributed by atoms with van der Waals surface area (Å²) in [4.78, 5) is 11.2. The van der Waals surface area contributed by atoms with Gasteiger partial charge >= 0.3 is 0 Å². The highest BCUT2D eigenvalue weighted by Crippen LogP contribution is 2.37. The van der Waals surface area contributed by atoms with E-state index in [1.165, 1.54) is 12.0 Å². The van der Waals surface area contributed by atoms with E-state index in [0.29, 0.717) is 5.92 Å². The van der Waals surface area contributed by atoms with Gasteiger partial charge in [0, 0.05) is 5.56 Å². The lowest BCUT2D eigenvalue weighted by atomic mass is 9.76. The summed E-state index contributed by atoms with van der Waals surface area (Å²) in [6.45, 7) is 1.35. The van der Waals surface area contributed by atoms with Crippen LogP contribution in [0.25, 0.3) is 0 Å². The fourth-order valence-corrected chi connectivity index (χ4v) is 2.80. The summed E-state index contributed by atoms with van der Waals surface area (Å²) < 4.78 is 13.0. The first-order valence-corrected chi connectivity index (χ1v) is 6.39. The summed E-state index contributed by atoms with van der Waals surface area (Å²) in [6, 6.07) is 7.72. The van der Waals surface area contributed by atoms with Crippen LogP contribution < -0.4 is 0 Å². The lowest BCUT2D eigenvalue weighted by Gasteiger charge is -2.30. The molecule has 2 atom stereocenters. The third-order valence-corrected chi connectivity index (χ3v) is 3.85. The Balaban J connectivity index is 2.17. The predicted octanol–water partition coefficient (Wildman–Crippen LogP) is 4.13. The first-order chi connectivity index (χ1) is 8.22. The van der Waals surface area contributed by atoms with E-state index in [2.05, 4.69) is 0 Å². The smallest absolute Gasteiger partial charge is 0.159 e. The molecule has 0 aromatic heterocycles. The average Bonchev–Trinajstić information content (AvgIpc) is 2.39. The molecule has 1 nitrogen and oxygen atoms in total. The van der Waals surface area contributed by atoms with Gasteiger partial charge in [0.25, 0.3) is 0 Å². The molecule has 2 unspecified atom stereocenters. The number of halogens is 1. The van der Waals surface area contributed by atoms with Gasteiger partial charge in [-0.15, -0.1) is 0 Å². The number of carbonyl (C=O) groups is 1. The van der Waals surface area contributed by atoms with Crippen LogP contribution in [0.3, 0.4) is 0 Å². The Morgan fingerprint density at radius 2 is 1.88 bits per heavy atom. The molecule has 1 aromatic carbocycles. The minimum absolute atomic E-state index is 0.0854. The zero-order valence-electron chi connectivity index (χ0n) is 10.3. The second-order valence-electron chi connectivity index (χ2n) is 4.98. The minimum atomic E-state index is -0.223. The van der Waals surface area contributed by atoms with Gasteiger partial charge in [0.2, 0.25) is 0 Å². The van der Waals surface area contributed by atoms with Crippen molar-refractivity contribution in [1.82, 2.24) is 0 Å². The van der Waals surface area contributed by atoms with Crippen molar-refractivity contribution in [3.05, 3.63) is 35.4 Å². The van der Waals surface area contributed by atoms with Gasteiger partial charge in [-0.25, -0.2) is 0 Å². The number of carbonyl (C=O) groups excluding carboxylic acids is 1. The summed E-state index contributed by atoms with van der Waals surface area (Å²) in [6.07, 6.45) is 4.41. The lowest BCUT2D eigenvalue weighted by molar-refractivity contribution is 0.101. The summed E-state index contributed by atoms with van der Waals surface area (Å²) in [7, 11) is 0. The van der Waals surface area contributed by atoms with Gasteiger partial charge in [0.05, 0.1) is 6.67 Å². The van der Waals surface area contributed by atoms with Crippen LogP contribution in [0.2, 0.25) is 0 Å². The van der Waals surface area contributed by atoms with Gasteiger partial charge in [0.1, 0.15) is 0 Å². The fourth-order valence-electron chi connectivity index (χ4n) is 2.80. The van der Waals surface area contributed by atoms with E-state index in [9.17, 15) is 9.18 Å². The van der Waals surface area contributed by atoms with Crippen LogP contribution in [0.15, 0.2) is 24.3 Å². The molecule has 0 aliphatic heterocycles. The third kappa shape index (κ3) is 2.74. The zero-order valence-corrected chi connectivity index (χ0v) is 10.3. The molecule has 2 rings (SSSR count). The van der Waals surface area contributed by atoms with Crippen LogP contribution in [0.5, 0.6) is 0 Å². The molecule has 0 spiro atoms. The Bertz CT molecular complexity index is 382. The molecule has 1 aliphatic carbocycles. The lowest BCUT2D eigenvalue weighted by Crippen LogP contribution is -2.19. The second kappa shape index (κ2) is 5.44. The van der Waals surface area contributed by atoms with E-state index in [4.69, 9.17) is 0 Å². The Kier molecular flexibility index (Phi) is 3.93. The molecule has 0 N–H and O–H groups in total. The van der Waals surface area contributed by atoms with E-state index in [0.717, 1.165) is 24.8 Å². The van der Waals surface area contributed by atoms with Gasteiger partial charge in [0.15, 0.2) is 5.78 Å². The molecule has 0 amide bonds. The highest BCUT2D eigenvalue weighted by molar-refractivity contribution is 5.94. The number of ketones is 1. The van der Waals surface area contributed by atoms with E-state index in [-0.39, 0.29) is 18.4 Å². The standard InChI is InChI=1S/C15H19FO/c1-11(17)12-6-8-13(9-7-12)15-5-3-2-4-14(15)10-16/h6-9,14-15H,2-5,10H2,1H3. The van der Waals surface area contributed by atoms with Gasteiger partial charge < -0.3 is 0 Å². The Morgan fingerprint density at radius 3 is 2.47 bits per heavy atom. The average molecular weight is 234 g/mol. The van der Waals surface area contributed by atoms with Crippen molar-refractivity contribution >= 4 is 5.78 Å². The van der Waals surface area contributed by atoms with Crippen molar-refractivity contribution in [2.75, 3.05) is 6.67 Å². The molecule has 1 aliphatic rings. The molecular formula is C15H19FO. The molecule has 0 radical (unpaired) electrons. The molecule has 1 aromatic rings. The third-order valence-electron chi connectivity index (χ3n) is 3.85. The first kappa shape index (κ1) is 12.3. The predicted molar refractivity (Wildman–Crippen MR) is 67.1 cm³/mol. The summed E-state index contributed by atoms with van der Waals surface area (Å²) in [5.74, 6) is 0.601. The second-order valence-corrected chi connectivity index (χ2v) is 4.98. The van der Waals surface area contributed by atoms with E-state index in [1.54, 1.807) is 6.92 Å². The van der Waals surface area contributed by atoms with Crippen LogP contribution in [-0.2, 0) is 0 Å². The largest absolute Gasteiger partial charge is 0.295 e. The molecule has 1 saturated carbocycles.